The standard InChI is InChI=1S/C34H36O4Se/c35-33(37-30-22-12-10-20-28(30)25-14-4-1-5-15-25)24-32(39-27-18-8-3-9-19-27)34(36)38-31-23-13-11-21-29(31)26-16-6-2-7-17-26/h1-9,14-19,24,28-31H,10-13,20-23H2/b32-24-/t28-,29-,30+,31+/m0/s1. The van der Waals surface area contributed by atoms with E-state index in [1.54, 1.807) is 0 Å². The van der Waals surface area contributed by atoms with Gasteiger partial charge in [-0.1, -0.05) is 0 Å². The summed E-state index contributed by atoms with van der Waals surface area (Å²) in [6.07, 6.45) is 9.02. The van der Waals surface area contributed by atoms with E-state index in [-0.39, 0.29) is 39.0 Å². The van der Waals surface area contributed by atoms with E-state index in [1.165, 1.54) is 17.2 Å². The normalized spacial score (nSPS) is 23.5. The molecular weight excluding hydrogens is 551 g/mol. The molecule has 4 nitrogen and oxygen atoms in total. The van der Waals surface area contributed by atoms with Crippen molar-refractivity contribution in [3.05, 3.63) is 113 Å². The van der Waals surface area contributed by atoms with Crippen LogP contribution in [0.2, 0.25) is 0 Å². The number of esters is 2. The van der Waals surface area contributed by atoms with Gasteiger partial charge in [0.1, 0.15) is 0 Å². The molecule has 3 aromatic rings. The van der Waals surface area contributed by atoms with E-state index in [9.17, 15) is 9.59 Å². The molecule has 2 fully saturated rings. The van der Waals surface area contributed by atoms with Crippen molar-refractivity contribution in [3.63, 3.8) is 0 Å². The first-order chi connectivity index (χ1) is 19.2. The molecule has 202 valence electrons. The molecule has 0 aromatic heterocycles. The van der Waals surface area contributed by atoms with Crippen LogP contribution in [0.4, 0.5) is 0 Å². The Bertz CT molecular complexity index is 1240. The second-order valence-corrected chi connectivity index (χ2v) is 12.8. The number of carbonyl (C=O) groups is 2. The van der Waals surface area contributed by atoms with Crippen molar-refractivity contribution < 1.29 is 19.1 Å². The SMILES string of the molecule is O=C(/C=C(\[Se]c1ccccc1)C(=O)O[C@@H]1CCCC[C@H]1c1ccccc1)O[C@@H]1CCCC[C@H]1c1ccccc1. The fourth-order valence-corrected chi connectivity index (χ4v) is 7.62. The molecule has 39 heavy (non-hydrogen) atoms. The molecule has 2 aliphatic carbocycles. The van der Waals surface area contributed by atoms with Crippen LogP contribution in [0, 0.1) is 0 Å². The third-order valence-corrected chi connectivity index (χ3v) is 9.93. The van der Waals surface area contributed by atoms with Crippen LogP contribution in [-0.2, 0) is 19.1 Å². The molecule has 0 bridgehead atoms. The molecule has 0 N–H and O–H groups in total. The van der Waals surface area contributed by atoms with Gasteiger partial charge in [-0.05, 0) is 0 Å². The Labute approximate surface area is 238 Å². The van der Waals surface area contributed by atoms with Crippen LogP contribution in [0.3, 0.4) is 0 Å². The van der Waals surface area contributed by atoms with Gasteiger partial charge in [0.15, 0.2) is 0 Å². The predicted octanol–water partition coefficient (Wildman–Crippen LogP) is 6.44. The Morgan fingerprint density at radius 2 is 1.08 bits per heavy atom. The summed E-state index contributed by atoms with van der Waals surface area (Å²) >= 11 is -0.375. The number of benzene rings is 3. The molecule has 0 unspecified atom stereocenters. The molecule has 3 aromatic carbocycles. The van der Waals surface area contributed by atoms with E-state index < -0.39 is 11.9 Å². The van der Waals surface area contributed by atoms with Crippen molar-refractivity contribution in [1.29, 1.82) is 0 Å². The quantitative estimate of drug-likeness (QED) is 0.173. The van der Waals surface area contributed by atoms with Gasteiger partial charge in [0.2, 0.25) is 0 Å². The van der Waals surface area contributed by atoms with Gasteiger partial charge in [0, 0.05) is 0 Å². The van der Waals surface area contributed by atoms with Crippen molar-refractivity contribution >= 4 is 31.4 Å². The van der Waals surface area contributed by atoms with Gasteiger partial charge in [0.05, 0.1) is 0 Å². The minimum absolute atomic E-state index is 0.176. The predicted molar refractivity (Wildman–Crippen MR) is 155 cm³/mol. The maximum atomic E-state index is 13.6. The zero-order chi connectivity index (χ0) is 26.9. The van der Waals surface area contributed by atoms with Gasteiger partial charge in [-0.2, -0.15) is 0 Å². The van der Waals surface area contributed by atoms with Crippen molar-refractivity contribution in [2.24, 2.45) is 0 Å². The van der Waals surface area contributed by atoms with Gasteiger partial charge in [-0.25, -0.2) is 0 Å². The molecule has 4 atom stereocenters. The summed E-state index contributed by atoms with van der Waals surface area (Å²) in [7, 11) is 0. The zero-order valence-corrected chi connectivity index (χ0v) is 24.0. The fraction of sp³-hybridized carbons (Fsp3) is 0.353. The molecule has 5 rings (SSSR count). The zero-order valence-electron chi connectivity index (χ0n) is 22.2. The second kappa shape index (κ2) is 13.8. The first-order valence-corrected chi connectivity index (χ1v) is 15.8. The van der Waals surface area contributed by atoms with Crippen LogP contribution in [0.1, 0.15) is 74.3 Å². The maximum absolute atomic E-state index is 13.6. The van der Waals surface area contributed by atoms with Crippen LogP contribution < -0.4 is 4.46 Å². The number of hydrogen-bond acceptors (Lipinski definition) is 4. The third kappa shape index (κ3) is 7.50. The van der Waals surface area contributed by atoms with Crippen molar-refractivity contribution in [3.8, 4) is 0 Å². The van der Waals surface area contributed by atoms with Crippen LogP contribution in [-0.4, -0.2) is 39.1 Å². The summed E-state index contributed by atoms with van der Waals surface area (Å²) in [5.74, 6) is -0.487. The first kappa shape index (κ1) is 27.4. The minimum atomic E-state index is -0.448. The average Bonchev–Trinajstić information content (AvgIpc) is 2.99. The monoisotopic (exact) mass is 588 g/mol. The molecule has 2 aliphatic rings. The molecular formula is C34H36O4Se. The van der Waals surface area contributed by atoms with E-state index in [1.807, 2.05) is 66.7 Å². The van der Waals surface area contributed by atoms with Gasteiger partial charge < -0.3 is 0 Å². The Hall–Kier alpha value is -3.14. The van der Waals surface area contributed by atoms with Crippen LogP contribution >= 0.6 is 0 Å². The van der Waals surface area contributed by atoms with Crippen LogP contribution in [0.25, 0.3) is 0 Å². The first-order valence-electron chi connectivity index (χ1n) is 14.1. The van der Waals surface area contributed by atoms with Gasteiger partial charge in [-0.15, -0.1) is 0 Å². The molecule has 0 radical (unpaired) electrons. The summed E-state index contributed by atoms with van der Waals surface area (Å²) in [6, 6.07) is 30.5. The van der Waals surface area contributed by atoms with Crippen molar-refractivity contribution in [2.45, 2.75) is 75.4 Å². The summed E-state index contributed by atoms with van der Waals surface area (Å²) in [4.78, 5) is 26.9. The Morgan fingerprint density at radius 3 is 1.62 bits per heavy atom. The van der Waals surface area contributed by atoms with E-state index in [4.69, 9.17) is 9.47 Å². The fourth-order valence-electron chi connectivity index (χ4n) is 5.87. The van der Waals surface area contributed by atoms with Gasteiger partial charge in [-0.3, -0.25) is 0 Å². The number of ether oxygens (including phenoxy) is 2. The summed E-state index contributed by atoms with van der Waals surface area (Å²) in [6.45, 7) is 0. The number of rotatable bonds is 8. The number of hydrogen-bond donors (Lipinski definition) is 0. The molecule has 0 aliphatic heterocycles. The summed E-state index contributed by atoms with van der Waals surface area (Å²) in [5, 5.41) is 0. The Balaban J connectivity index is 1.34. The van der Waals surface area contributed by atoms with Crippen molar-refractivity contribution in [1.82, 2.24) is 0 Å². The number of carbonyl (C=O) groups excluding carboxylic acids is 2. The molecule has 0 saturated heterocycles. The van der Waals surface area contributed by atoms with Crippen LogP contribution in [0.15, 0.2) is 102 Å². The van der Waals surface area contributed by atoms with E-state index in [0.717, 1.165) is 55.8 Å². The van der Waals surface area contributed by atoms with Crippen LogP contribution in [0.5, 0.6) is 0 Å². The van der Waals surface area contributed by atoms with E-state index in [2.05, 4.69) is 24.3 Å². The Morgan fingerprint density at radius 1 is 0.615 bits per heavy atom. The summed E-state index contributed by atoms with van der Waals surface area (Å²) in [5.41, 5.74) is 2.41. The summed E-state index contributed by atoms with van der Waals surface area (Å²) < 4.78 is 13.6. The molecule has 0 spiro atoms. The third-order valence-electron chi connectivity index (χ3n) is 7.81. The molecule has 2 saturated carbocycles. The van der Waals surface area contributed by atoms with E-state index >= 15 is 0 Å². The Kier molecular flexibility index (Phi) is 9.69. The van der Waals surface area contributed by atoms with Crippen molar-refractivity contribution in [2.75, 3.05) is 0 Å². The van der Waals surface area contributed by atoms with E-state index in [0.29, 0.717) is 4.47 Å². The molecule has 0 amide bonds. The average molecular weight is 588 g/mol. The second-order valence-electron chi connectivity index (χ2n) is 10.4. The molecule has 5 heteroatoms. The molecule has 0 heterocycles. The van der Waals surface area contributed by atoms with Gasteiger partial charge >= 0.3 is 239 Å². The van der Waals surface area contributed by atoms with Gasteiger partial charge in [0.25, 0.3) is 0 Å². The topological polar surface area (TPSA) is 52.6 Å².